The van der Waals surface area contributed by atoms with E-state index in [1.54, 1.807) is 60.7 Å². The normalized spacial score (nSPS) is 12.9. The summed E-state index contributed by atoms with van der Waals surface area (Å²) >= 11 is 0. The van der Waals surface area contributed by atoms with E-state index in [1.807, 2.05) is 0 Å². The second-order valence-corrected chi connectivity index (χ2v) is 21.2. The molecule has 0 spiro atoms. The zero-order valence-corrected chi connectivity index (χ0v) is 34.0. The van der Waals surface area contributed by atoms with Crippen LogP contribution in [0.1, 0.15) is 0 Å². The highest BCUT2D eigenvalue weighted by Crippen LogP contribution is 2.45. The topological polar surface area (TPSA) is 188 Å². The molecule has 0 unspecified atom stereocenters. The quantitative estimate of drug-likeness (QED) is 0.107. The molecule has 60 heavy (non-hydrogen) atoms. The van der Waals surface area contributed by atoms with E-state index in [-0.39, 0.29) is 41.6 Å². The van der Waals surface area contributed by atoms with Crippen LogP contribution in [0.5, 0.6) is 0 Å². The number of rotatable bonds is 8. The van der Waals surface area contributed by atoms with Crippen molar-refractivity contribution < 1.29 is 33.7 Å². The van der Waals surface area contributed by atoms with Gasteiger partial charge in [-0.25, -0.2) is 53.6 Å². The standard InChI is InChI=1S/C44H26N4O8S4/c49-57(50,27-15-5-1-6-16-27)41-42(58(51,52)28-17-7-2-8-18-28)46-38-32-24-14-26-34-36(32)35-31(37(38)45-41)23-13-25-33(35)39-40(34)48-44(60(55,56)30-21-11-4-12-22-30)43(47-39)59(53,54)29-19-9-3-10-20-29/h1-26H. The molecule has 0 radical (unpaired) electrons. The Balaban J connectivity index is 1.38. The van der Waals surface area contributed by atoms with Crippen molar-refractivity contribution in [2.24, 2.45) is 0 Å². The van der Waals surface area contributed by atoms with Crippen LogP contribution in [0.4, 0.5) is 0 Å². The minimum Gasteiger partial charge on any atom is -0.231 e. The van der Waals surface area contributed by atoms with Crippen LogP contribution in [0.3, 0.4) is 0 Å². The summed E-state index contributed by atoms with van der Waals surface area (Å²) in [6.45, 7) is 0. The van der Waals surface area contributed by atoms with Crippen molar-refractivity contribution in [2.45, 2.75) is 39.7 Å². The highest BCUT2D eigenvalue weighted by Gasteiger charge is 2.36. The summed E-state index contributed by atoms with van der Waals surface area (Å²) in [7, 11) is -18.5. The molecule has 0 fully saturated rings. The number of nitrogens with zero attached hydrogens (tertiary/aromatic N) is 4. The summed E-state index contributed by atoms with van der Waals surface area (Å²) < 4.78 is 116. The van der Waals surface area contributed by atoms with Crippen LogP contribution < -0.4 is 0 Å². The van der Waals surface area contributed by atoms with Gasteiger partial charge in [0, 0.05) is 32.3 Å². The Kier molecular flexibility index (Phi) is 8.39. The van der Waals surface area contributed by atoms with Gasteiger partial charge in [0.15, 0.2) is 20.1 Å². The van der Waals surface area contributed by atoms with Crippen molar-refractivity contribution >= 4 is 93.7 Å². The monoisotopic (exact) mass is 866 g/mol. The molecule has 12 nitrogen and oxygen atoms in total. The molecule has 16 heteroatoms. The number of benzene rings is 8. The molecule has 0 N–H and O–H groups in total. The maximum atomic E-state index is 14.4. The highest BCUT2D eigenvalue weighted by molar-refractivity contribution is 7.95. The number of aromatic nitrogens is 4. The third kappa shape index (κ3) is 5.52. The fourth-order valence-corrected chi connectivity index (χ4v) is 13.8. The van der Waals surface area contributed by atoms with E-state index in [0.29, 0.717) is 32.3 Å². The molecule has 294 valence electrons. The first kappa shape index (κ1) is 37.5. The zero-order chi connectivity index (χ0) is 41.6. The molecule has 0 saturated carbocycles. The molecular weight excluding hydrogens is 841 g/mol. The second kappa shape index (κ2) is 13.4. The van der Waals surface area contributed by atoms with Crippen LogP contribution in [0.25, 0.3) is 54.4 Å². The SMILES string of the molecule is O=S(=O)(c1ccccc1)c1nc2c3cccc4c5nc(S(=O)(=O)c6ccccc6)c(S(=O)(=O)c6ccccc6)nc5c5cccc(c2nc1S(=O)(=O)c1ccccc1)c5c34. The van der Waals surface area contributed by atoms with E-state index in [1.165, 1.54) is 97.1 Å². The first-order chi connectivity index (χ1) is 28.8. The number of hydrogen-bond acceptors (Lipinski definition) is 12. The lowest BCUT2D eigenvalue weighted by Gasteiger charge is -2.19. The average molecular weight is 867 g/mol. The molecule has 0 amide bonds. The number of fused-ring (bicyclic) bond motifs is 6. The predicted octanol–water partition coefficient (Wildman–Crippen LogP) is 7.80. The van der Waals surface area contributed by atoms with Crippen molar-refractivity contribution in [3.05, 3.63) is 158 Å². The van der Waals surface area contributed by atoms with Gasteiger partial charge in [-0.1, -0.05) is 109 Å². The van der Waals surface area contributed by atoms with E-state index < -0.39 is 59.5 Å². The van der Waals surface area contributed by atoms with Crippen molar-refractivity contribution in [2.75, 3.05) is 0 Å². The molecule has 2 heterocycles. The van der Waals surface area contributed by atoms with Gasteiger partial charge in [-0.3, -0.25) is 0 Å². The van der Waals surface area contributed by atoms with E-state index in [2.05, 4.69) is 19.9 Å². The molecule has 10 aromatic rings. The molecule has 0 aliphatic heterocycles. The summed E-state index contributed by atoms with van der Waals surface area (Å²) in [5.41, 5.74) is 0.203. The minimum atomic E-state index is -4.62. The van der Waals surface area contributed by atoms with Gasteiger partial charge < -0.3 is 0 Å². The first-order valence-electron chi connectivity index (χ1n) is 18.1. The second-order valence-electron chi connectivity index (χ2n) is 13.8. The van der Waals surface area contributed by atoms with Crippen LogP contribution in [0.15, 0.2) is 197 Å². The first-order valence-corrected chi connectivity index (χ1v) is 24.1. The van der Waals surface area contributed by atoms with Gasteiger partial charge in [0.05, 0.1) is 41.6 Å². The van der Waals surface area contributed by atoms with Gasteiger partial charge in [-0.15, -0.1) is 0 Å². The van der Waals surface area contributed by atoms with Crippen molar-refractivity contribution in [3.63, 3.8) is 0 Å². The highest BCUT2D eigenvalue weighted by atomic mass is 32.2. The van der Waals surface area contributed by atoms with Crippen LogP contribution in [-0.2, 0) is 39.3 Å². The summed E-state index contributed by atoms with van der Waals surface area (Å²) in [5, 5.41) is -0.785. The molecule has 0 saturated heterocycles. The Bertz CT molecular complexity index is 3360. The van der Waals surface area contributed by atoms with Crippen molar-refractivity contribution in [1.82, 2.24) is 19.9 Å². The van der Waals surface area contributed by atoms with Gasteiger partial charge in [-0.2, -0.15) is 0 Å². The predicted molar refractivity (Wildman–Crippen MR) is 224 cm³/mol. The van der Waals surface area contributed by atoms with E-state index in [4.69, 9.17) is 0 Å². The maximum Gasteiger partial charge on any atom is 0.226 e. The van der Waals surface area contributed by atoms with Crippen LogP contribution in [-0.4, -0.2) is 53.6 Å². The molecule has 0 bridgehead atoms. The average Bonchev–Trinajstić information content (AvgIpc) is 3.29. The lowest BCUT2D eigenvalue weighted by Crippen LogP contribution is -2.16. The largest absolute Gasteiger partial charge is 0.231 e. The van der Waals surface area contributed by atoms with Crippen LogP contribution >= 0.6 is 0 Å². The third-order valence-corrected chi connectivity index (χ3v) is 17.3. The Labute approximate surface area is 342 Å². The molecule has 0 aliphatic carbocycles. The van der Waals surface area contributed by atoms with E-state index >= 15 is 0 Å². The summed E-state index contributed by atoms with van der Waals surface area (Å²) in [4.78, 5) is 17.9. The van der Waals surface area contributed by atoms with Crippen LogP contribution in [0.2, 0.25) is 0 Å². The smallest absolute Gasteiger partial charge is 0.226 e. The molecule has 10 rings (SSSR count). The molecule has 0 aliphatic rings. The number of sulfone groups is 4. The van der Waals surface area contributed by atoms with Gasteiger partial charge in [0.25, 0.3) is 0 Å². The van der Waals surface area contributed by atoms with Crippen LogP contribution in [0, 0.1) is 0 Å². The zero-order valence-electron chi connectivity index (χ0n) is 30.7. The minimum absolute atomic E-state index is 0.0508. The Hall–Kier alpha value is -6.72. The lowest BCUT2D eigenvalue weighted by atomic mass is 9.91. The Morgan fingerprint density at radius 3 is 0.650 bits per heavy atom. The van der Waals surface area contributed by atoms with Crippen molar-refractivity contribution in [1.29, 1.82) is 0 Å². The fourth-order valence-electron chi connectivity index (χ4n) is 7.54. The molecule has 8 aromatic carbocycles. The lowest BCUT2D eigenvalue weighted by molar-refractivity contribution is 0.573. The summed E-state index contributed by atoms with van der Waals surface area (Å²) in [5.74, 6) is 0. The van der Waals surface area contributed by atoms with Crippen molar-refractivity contribution in [3.8, 4) is 0 Å². The maximum absolute atomic E-state index is 14.4. The molecular formula is C44H26N4O8S4. The van der Waals surface area contributed by atoms with Gasteiger partial charge in [0.2, 0.25) is 39.3 Å². The number of hydrogen-bond donors (Lipinski definition) is 0. The fraction of sp³-hybridized carbons (Fsp3) is 0. The third-order valence-electron chi connectivity index (χ3n) is 10.3. The Morgan fingerprint density at radius 1 is 0.250 bits per heavy atom. The Morgan fingerprint density at radius 2 is 0.450 bits per heavy atom. The van der Waals surface area contributed by atoms with Gasteiger partial charge in [-0.05, 0) is 48.5 Å². The van der Waals surface area contributed by atoms with E-state index in [0.717, 1.165) is 0 Å². The summed E-state index contributed by atoms with van der Waals surface area (Å²) in [6.07, 6.45) is 0. The summed E-state index contributed by atoms with van der Waals surface area (Å²) in [6, 6.07) is 39.2. The van der Waals surface area contributed by atoms with E-state index in [9.17, 15) is 33.7 Å². The van der Waals surface area contributed by atoms with Gasteiger partial charge in [0.1, 0.15) is 0 Å². The molecule has 0 atom stereocenters. The van der Waals surface area contributed by atoms with Gasteiger partial charge >= 0.3 is 0 Å². The molecule has 2 aromatic heterocycles.